The van der Waals surface area contributed by atoms with Gasteiger partial charge in [-0.2, -0.15) is 5.10 Å². The molecule has 0 aliphatic heterocycles. The molecular weight excluding hydrogens is 164 g/mol. The number of aromatic nitrogens is 2. The Morgan fingerprint density at radius 3 is 3.00 bits per heavy atom. The summed E-state index contributed by atoms with van der Waals surface area (Å²) in [5.41, 5.74) is 6.11. The molecule has 0 unspecified atom stereocenters. The third kappa shape index (κ3) is 2.01. The van der Waals surface area contributed by atoms with E-state index in [0.717, 1.165) is 18.8 Å². The lowest BCUT2D eigenvalue weighted by atomic mass is 10.2. The van der Waals surface area contributed by atoms with Gasteiger partial charge in [-0.15, -0.1) is 0 Å². The molecule has 1 heterocycles. The SMILES string of the molecule is Cn1nccc1NCCC1(N)CC1. The van der Waals surface area contributed by atoms with E-state index in [-0.39, 0.29) is 5.54 Å². The Kier molecular flexibility index (Phi) is 2.00. The van der Waals surface area contributed by atoms with Crippen molar-refractivity contribution in [3.05, 3.63) is 12.3 Å². The minimum Gasteiger partial charge on any atom is -0.370 e. The van der Waals surface area contributed by atoms with Crippen LogP contribution in [0.1, 0.15) is 19.3 Å². The first-order valence-electron chi connectivity index (χ1n) is 4.70. The maximum absolute atomic E-state index is 5.96. The van der Waals surface area contributed by atoms with Gasteiger partial charge < -0.3 is 11.1 Å². The van der Waals surface area contributed by atoms with E-state index in [2.05, 4.69) is 10.4 Å². The Morgan fingerprint density at radius 2 is 2.46 bits per heavy atom. The van der Waals surface area contributed by atoms with E-state index in [0.29, 0.717) is 0 Å². The number of nitrogens with zero attached hydrogens (tertiary/aromatic N) is 2. The van der Waals surface area contributed by atoms with Gasteiger partial charge in [0.15, 0.2) is 0 Å². The Labute approximate surface area is 78.1 Å². The van der Waals surface area contributed by atoms with Gasteiger partial charge in [-0.05, 0) is 19.3 Å². The van der Waals surface area contributed by atoms with E-state index in [1.54, 1.807) is 6.20 Å². The van der Waals surface area contributed by atoms with Crippen LogP contribution in [-0.2, 0) is 7.05 Å². The van der Waals surface area contributed by atoms with E-state index in [1.807, 2.05) is 17.8 Å². The number of anilines is 1. The molecule has 0 amide bonds. The van der Waals surface area contributed by atoms with Crippen molar-refractivity contribution < 1.29 is 0 Å². The summed E-state index contributed by atoms with van der Waals surface area (Å²) in [6, 6.07) is 1.97. The van der Waals surface area contributed by atoms with Gasteiger partial charge in [0.2, 0.25) is 0 Å². The summed E-state index contributed by atoms with van der Waals surface area (Å²) in [5.74, 6) is 1.06. The largest absolute Gasteiger partial charge is 0.370 e. The molecule has 1 aromatic heterocycles. The molecule has 0 aromatic carbocycles. The molecule has 0 radical (unpaired) electrons. The third-order valence-electron chi connectivity index (χ3n) is 2.64. The van der Waals surface area contributed by atoms with E-state index in [4.69, 9.17) is 5.73 Å². The summed E-state index contributed by atoms with van der Waals surface area (Å²) in [7, 11) is 1.93. The Hall–Kier alpha value is -1.03. The molecule has 1 saturated carbocycles. The molecule has 1 aromatic rings. The second-order valence-electron chi connectivity index (χ2n) is 3.88. The van der Waals surface area contributed by atoms with Crippen LogP contribution in [0.25, 0.3) is 0 Å². The van der Waals surface area contributed by atoms with E-state index >= 15 is 0 Å². The molecule has 0 saturated heterocycles. The summed E-state index contributed by atoms with van der Waals surface area (Å²) >= 11 is 0. The maximum atomic E-state index is 5.96. The lowest BCUT2D eigenvalue weighted by molar-refractivity contribution is 0.627. The van der Waals surface area contributed by atoms with Crippen LogP contribution in [0.2, 0.25) is 0 Å². The molecule has 13 heavy (non-hydrogen) atoms. The molecule has 0 atom stereocenters. The summed E-state index contributed by atoms with van der Waals surface area (Å²) in [4.78, 5) is 0. The van der Waals surface area contributed by atoms with Crippen LogP contribution in [0, 0.1) is 0 Å². The zero-order valence-electron chi connectivity index (χ0n) is 7.95. The fraction of sp³-hybridized carbons (Fsp3) is 0.667. The van der Waals surface area contributed by atoms with Crippen molar-refractivity contribution in [1.82, 2.24) is 9.78 Å². The van der Waals surface area contributed by atoms with Gasteiger partial charge in [0.1, 0.15) is 5.82 Å². The average Bonchev–Trinajstić information content (AvgIpc) is 2.68. The topological polar surface area (TPSA) is 55.9 Å². The second-order valence-corrected chi connectivity index (χ2v) is 3.88. The summed E-state index contributed by atoms with van der Waals surface area (Å²) in [5, 5.41) is 7.38. The van der Waals surface area contributed by atoms with E-state index in [9.17, 15) is 0 Å². The highest BCUT2D eigenvalue weighted by Gasteiger charge is 2.37. The lowest BCUT2D eigenvalue weighted by Gasteiger charge is -2.10. The first-order chi connectivity index (χ1) is 6.20. The number of aryl methyl sites for hydroxylation is 1. The summed E-state index contributed by atoms with van der Waals surface area (Å²) in [6.45, 7) is 0.941. The van der Waals surface area contributed by atoms with Crippen LogP contribution in [0.15, 0.2) is 12.3 Å². The Bertz CT molecular complexity index is 288. The van der Waals surface area contributed by atoms with E-state index < -0.39 is 0 Å². The Morgan fingerprint density at radius 1 is 1.69 bits per heavy atom. The number of hydrogen-bond acceptors (Lipinski definition) is 3. The lowest BCUT2D eigenvalue weighted by Crippen LogP contribution is -2.25. The number of nitrogens with one attached hydrogen (secondary N) is 1. The zero-order chi connectivity index (χ0) is 9.31. The minimum absolute atomic E-state index is 0.144. The van der Waals surface area contributed by atoms with Crippen molar-refractivity contribution in [2.45, 2.75) is 24.8 Å². The monoisotopic (exact) mass is 180 g/mol. The van der Waals surface area contributed by atoms with Crippen molar-refractivity contribution in [2.75, 3.05) is 11.9 Å². The van der Waals surface area contributed by atoms with Crippen LogP contribution >= 0.6 is 0 Å². The van der Waals surface area contributed by atoms with Gasteiger partial charge in [0, 0.05) is 25.2 Å². The van der Waals surface area contributed by atoms with Gasteiger partial charge in [0.25, 0.3) is 0 Å². The van der Waals surface area contributed by atoms with Gasteiger partial charge in [-0.25, -0.2) is 0 Å². The molecule has 72 valence electrons. The van der Waals surface area contributed by atoms with Crippen molar-refractivity contribution in [3.63, 3.8) is 0 Å². The molecule has 1 aliphatic carbocycles. The van der Waals surface area contributed by atoms with Crippen molar-refractivity contribution in [1.29, 1.82) is 0 Å². The molecule has 1 aliphatic rings. The molecule has 0 spiro atoms. The molecule has 1 fully saturated rings. The van der Waals surface area contributed by atoms with Gasteiger partial charge in [0.05, 0.1) is 6.20 Å². The van der Waals surface area contributed by atoms with Crippen molar-refractivity contribution in [3.8, 4) is 0 Å². The normalized spacial score (nSPS) is 18.6. The average molecular weight is 180 g/mol. The highest BCUT2D eigenvalue weighted by atomic mass is 15.3. The first kappa shape index (κ1) is 8.56. The molecule has 0 bridgehead atoms. The van der Waals surface area contributed by atoms with Crippen molar-refractivity contribution >= 4 is 5.82 Å². The highest BCUT2D eigenvalue weighted by Crippen LogP contribution is 2.35. The highest BCUT2D eigenvalue weighted by molar-refractivity contribution is 5.33. The van der Waals surface area contributed by atoms with Crippen molar-refractivity contribution in [2.24, 2.45) is 12.8 Å². The van der Waals surface area contributed by atoms with Crippen LogP contribution in [0.3, 0.4) is 0 Å². The van der Waals surface area contributed by atoms with Gasteiger partial charge >= 0.3 is 0 Å². The maximum Gasteiger partial charge on any atom is 0.123 e. The summed E-state index contributed by atoms with van der Waals surface area (Å²) in [6.07, 6.45) is 5.20. The molecule has 3 N–H and O–H groups in total. The number of hydrogen-bond donors (Lipinski definition) is 2. The smallest absolute Gasteiger partial charge is 0.123 e. The summed E-state index contributed by atoms with van der Waals surface area (Å²) < 4.78 is 1.83. The second kappa shape index (κ2) is 3.03. The fourth-order valence-electron chi connectivity index (χ4n) is 1.40. The molecule has 4 nitrogen and oxygen atoms in total. The quantitative estimate of drug-likeness (QED) is 0.717. The standard InChI is InChI=1S/C9H16N4/c1-13-8(2-6-12-13)11-7-5-9(10)3-4-9/h2,6,11H,3-5,7,10H2,1H3. The molecule has 4 heteroatoms. The minimum atomic E-state index is 0.144. The van der Waals surface area contributed by atoms with Gasteiger partial charge in [-0.1, -0.05) is 0 Å². The first-order valence-corrected chi connectivity index (χ1v) is 4.70. The third-order valence-corrected chi connectivity index (χ3v) is 2.64. The predicted molar refractivity (Wildman–Crippen MR) is 52.5 cm³/mol. The van der Waals surface area contributed by atoms with Crippen LogP contribution in [-0.4, -0.2) is 21.9 Å². The predicted octanol–water partition coefficient (Wildman–Crippen LogP) is 0.713. The van der Waals surface area contributed by atoms with Crippen LogP contribution in [0.4, 0.5) is 5.82 Å². The Balaban J connectivity index is 1.77. The van der Waals surface area contributed by atoms with Crippen LogP contribution in [0.5, 0.6) is 0 Å². The number of nitrogens with two attached hydrogens (primary N) is 1. The fourth-order valence-corrected chi connectivity index (χ4v) is 1.40. The zero-order valence-corrected chi connectivity index (χ0v) is 7.95. The number of rotatable bonds is 4. The van der Waals surface area contributed by atoms with Crippen LogP contribution < -0.4 is 11.1 Å². The van der Waals surface area contributed by atoms with Gasteiger partial charge in [-0.3, -0.25) is 4.68 Å². The molecule has 2 rings (SSSR count). The molecular formula is C9H16N4. The van der Waals surface area contributed by atoms with E-state index in [1.165, 1.54) is 12.8 Å².